The van der Waals surface area contributed by atoms with E-state index in [1.807, 2.05) is 12.2 Å². The van der Waals surface area contributed by atoms with Crippen molar-refractivity contribution >= 4 is 5.78 Å². The SMILES string of the molecule is C#CC(O)C=CCCCCCCCCCCC=CC(=O)CCCCCCCCCC(O)C#CC#CCO. The van der Waals surface area contributed by atoms with Gasteiger partial charge in [0.2, 0.25) is 0 Å². The Hall–Kier alpha value is -2.29. The summed E-state index contributed by atoms with van der Waals surface area (Å²) in [7, 11) is 0. The average molecular weight is 511 g/mol. The highest BCUT2D eigenvalue weighted by Gasteiger charge is 2.00. The number of terminal acetylenes is 1. The van der Waals surface area contributed by atoms with Crippen LogP contribution in [0.15, 0.2) is 24.3 Å². The molecule has 2 unspecified atom stereocenters. The minimum Gasteiger partial charge on any atom is -0.384 e. The van der Waals surface area contributed by atoms with Gasteiger partial charge >= 0.3 is 0 Å². The molecule has 4 nitrogen and oxygen atoms in total. The molecule has 0 aliphatic rings. The molecule has 0 aromatic rings. The van der Waals surface area contributed by atoms with E-state index in [-0.39, 0.29) is 12.4 Å². The summed E-state index contributed by atoms with van der Waals surface area (Å²) in [5.74, 6) is 12.6. The fraction of sp³-hybridized carbons (Fsp3) is 0.667. The number of aliphatic hydroxyl groups is 3. The van der Waals surface area contributed by atoms with Crippen LogP contribution in [0.25, 0.3) is 0 Å². The Kier molecular flexibility index (Phi) is 26.5. The Morgan fingerprint density at radius 2 is 1.27 bits per heavy atom. The van der Waals surface area contributed by atoms with Crippen LogP contribution in [-0.2, 0) is 4.79 Å². The van der Waals surface area contributed by atoms with E-state index < -0.39 is 12.2 Å². The van der Waals surface area contributed by atoms with Crippen LogP contribution < -0.4 is 0 Å². The largest absolute Gasteiger partial charge is 0.384 e. The summed E-state index contributed by atoms with van der Waals surface area (Å²) in [6, 6.07) is 0. The summed E-state index contributed by atoms with van der Waals surface area (Å²) in [5, 5.41) is 27.5. The quantitative estimate of drug-likeness (QED) is 0.0640. The first-order valence-electron chi connectivity index (χ1n) is 14.4. The van der Waals surface area contributed by atoms with E-state index in [0.29, 0.717) is 12.8 Å². The van der Waals surface area contributed by atoms with Crippen LogP contribution in [0, 0.1) is 36.0 Å². The Balaban J connectivity index is 3.41. The van der Waals surface area contributed by atoms with Crippen LogP contribution in [0.1, 0.15) is 122 Å². The van der Waals surface area contributed by atoms with Gasteiger partial charge in [0.05, 0.1) is 0 Å². The van der Waals surface area contributed by atoms with Gasteiger partial charge in [0, 0.05) is 6.42 Å². The van der Waals surface area contributed by atoms with Gasteiger partial charge in [-0.15, -0.1) is 6.42 Å². The highest BCUT2D eigenvalue weighted by molar-refractivity contribution is 5.89. The lowest BCUT2D eigenvalue weighted by molar-refractivity contribution is -0.114. The lowest BCUT2D eigenvalue weighted by Crippen LogP contribution is -2.02. The minimum absolute atomic E-state index is 0.207. The van der Waals surface area contributed by atoms with Crippen molar-refractivity contribution in [1.82, 2.24) is 0 Å². The van der Waals surface area contributed by atoms with E-state index in [1.54, 1.807) is 12.2 Å². The molecule has 0 amide bonds. The highest BCUT2D eigenvalue weighted by Crippen LogP contribution is 2.13. The van der Waals surface area contributed by atoms with Crippen molar-refractivity contribution in [3.05, 3.63) is 24.3 Å². The van der Waals surface area contributed by atoms with E-state index >= 15 is 0 Å². The second-order valence-corrected chi connectivity index (χ2v) is 9.57. The van der Waals surface area contributed by atoms with Crippen molar-refractivity contribution < 1.29 is 20.1 Å². The molecule has 37 heavy (non-hydrogen) atoms. The van der Waals surface area contributed by atoms with Gasteiger partial charge in [0.15, 0.2) is 5.78 Å². The summed E-state index contributed by atoms with van der Waals surface area (Å²) in [6.45, 7) is -0.207. The van der Waals surface area contributed by atoms with Crippen molar-refractivity contribution in [3.63, 3.8) is 0 Å². The molecule has 0 spiro atoms. The van der Waals surface area contributed by atoms with Crippen molar-refractivity contribution in [1.29, 1.82) is 0 Å². The van der Waals surface area contributed by atoms with Gasteiger partial charge in [-0.25, -0.2) is 0 Å². The number of allylic oxidation sites excluding steroid dienone is 3. The van der Waals surface area contributed by atoms with Crippen molar-refractivity contribution in [3.8, 4) is 36.0 Å². The van der Waals surface area contributed by atoms with E-state index in [9.17, 15) is 15.0 Å². The standard InChI is InChI=1S/C33H50O4/c1-2-31(35)25-19-14-10-7-5-3-4-6-8-11-15-20-26-32(36)27-21-16-12-9-13-17-22-28-33(37)29-23-18-24-30-34/h1,19-20,25-26,31,33-35,37H,3-17,21-22,27-28,30H2. The third-order valence-electron chi connectivity index (χ3n) is 6.15. The first-order chi connectivity index (χ1) is 18.1. The molecule has 0 aromatic carbocycles. The predicted molar refractivity (Wildman–Crippen MR) is 154 cm³/mol. The Labute approximate surface area is 227 Å². The summed E-state index contributed by atoms with van der Waals surface area (Å²) in [4.78, 5) is 12.0. The lowest BCUT2D eigenvalue weighted by atomic mass is 10.0. The number of hydrogen-bond donors (Lipinski definition) is 3. The molecule has 4 heteroatoms. The molecular formula is C33H50O4. The van der Waals surface area contributed by atoms with Gasteiger partial charge in [-0.05, 0) is 68.9 Å². The molecule has 0 radical (unpaired) electrons. The van der Waals surface area contributed by atoms with E-state index in [4.69, 9.17) is 11.5 Å². The monoisotopic (exact) mass is 510 g/mol. The van der Waals surface area contributed by atoms with Crippen LogP contribution in [0.3, 0.4) is 0 Å². The number of ketones is 1. The number of hydrogen-bond acceptors (Lipinski definition) is 4. The molecule has 0 aliphatic heterocycles. The average Bonchev–Trinajstić information content (AvgIpc) is 2.90. The van der Waals surface area contributed by atoms with Crippen molar-refractivity contribution in [2.45, 2.75) is 134 Å². The molecule has 2 atom stereocenters. The molecule has 0 saturated heterocycles. The maximum Gasteiger partial charge on any atom is 0.155 e. The number of rotatable bonds is 23. The second-order valence-electron chi connectivity index (χ2n) is 9.57. The summed E-state index contributed by atoms with van der Waals surface area (Å²) in [6.07, 6.45) is 32.0. The van der Waals surface area contributed by atoms with Crippen LogP contribution >= 0.6 is 0 Å². The molecule has 0 fully saturated rings. The molecule has 0 rings (SSSR count). The number of carbonyl (C=O) groups excluding carboxylic acids is 1. The van der Waals surface area contributed by atoms with Crippen molar-refractivity contribution in [2.24, 2.45) is 0 Å². The number of unbranched alkanes of at least 4 members (excludes halogenated alkanes) is 15. The highest BCUT2D eigenvalue weighted by atomic mass is 16.3. The van der Waals surface area contributed by atoms with Gasteiger partial charge in [0.25, 0.3) is 0 Å². The fourth-order valence-electron chi connectivity index (χ4n) is 3.96. The zero-order chi connectivity index (χ0) is 27.2. The van der Waals surface area contributed by atoms with Gasteiger partial charge < -0.3 is 15.3 Å². The van der Waals surface area contributed by atoms with E-state index in [1.165, 1.54) is 44.9 Å². The van der Waals surface area contributed by atoms with Gasteiger partial charge in [0.1, 0.15) is 18.8 Å². The number of carbonyl (C=O) groups is 1. The second kappa shape index (κ2) is 28.3. The Morgan fingerprint density at radius 1 is 0.730 bits per heavy atom. The smallest absolute Gasteiger partial charge is 0.155 e. The molecule has 0 bridgehead atoms. The summed E-state index contributed by atoms with van der Waals surface area (Å²) >= 11 is 0. The topological polar surface area (TPSA) is 77.8 Å². The van der Waals surface area contributed by atoms with Crippen molar-refractivity contribution in [2.75, 3.05) is 6.61 Å². The molecule has 0 aromatic heterocycles. The van der Waals surface area contributed by atoms with Crippen LogP contribution in [-0.4, -0.2) is 39.9 Å². The van der Waals surface area contributed by atoms with Crippen LogP contribution in [0.2, 0.25) is 0 Å². The van der Waals surface area contributed by atoms with E-state index in [2.05, 4.69) is 29.6 Å². The maximum absolute atomic E-state index is 12.0. The summed E-state index contributed by atoms with van der Waals surface area (Å²) < 4.78 is 0. The van der Waals surface area contributed by atoms with Gasteiger partial charge in [-0.2, -0.15) is 0 Å². The Morgan fingerprint density at radius 3 is 1.86 bits per heavy atom. The molecule has 0 aliphatic carbocycles. The van der Waals surface area contributed by atoms with Gasteiger partial charge in [-0.3, -0.25) is 4.79 Å². The lowest BCUT2D eigenvalue weighted by Gasteiger charge is -2.03. The fourth-order valence-corrected chi connectivity index (χ4v) is 3.96. The maximum atomic E-state index is 12.0. The molecule has 0 saturated carbocycles. The molecule has 0 heterocycles. The first-order valence-corrected chi connectivity index (χ1v) is 14.4. The molecule has 3 N–H and O–H groups in total. The third-order valence-corrected chi connectivity index (χ3v) is 6.15. The predicted octanol–water partition coefficient (Wildman–Crippen LogP) is 6.43. The first kappa shape index (κ1) is 34.7. The van der Waals surface area contributed by atoms with E-state index in [0.717, 1.165) is 64.2 Å². The molecular weight excluding hydrogens is 460 g/mol. The zero-order valence-corrected chi connectivity index (χ0v) is 22.9. The van der Waals surface area contributed by atoms with Crippen LogP contribution in [0.5, 0.6) is 0 Å². The van der Waals surface area contributed by atoms with Gasteiger partial charge in [-0.1, -0.05) is 101 Å². The minimum atomic E-state index is -0.745. The van der Waals surface area contributed by atoms with Crippen LogP contribution in [0.4, 0.5) is 0 Å². The normalized spacial score (nSPS) is 12.5. The Bertz CT molecular complexity index is 766. The summed E-state index contributed by atoms with van der Waals surface area (Å²) in [5.41, 5.74) is 0. The number of aliphatic hydroxyl groups excluding tert-OH is 3. The third kappa shape index (κ3) is 28.1. The molecule has 206 valence electrons. The zero-order valence-electron chi connectivity index (χ0n) is 22.9.